The van der Waals surface area contributed by atoms with E-state index in [0.717, 1.165) is 4.57 Å². The van der Waals surface area contributed by atoms with E-state index in [1.807, 2.05) is 10.3 Å². The van der Waals surface area contributed by atoms with E-state index in [0.29, 0.717) is 22.6 Å². The van der Waals surface area contributed by atoms with Crippen molar-refractivity contribution in [2.45, 2.75) is 37.5 Å². The van der Waals surface area contributed by atoms with Crippen LogP contribution in [0.2, 0.25) is 0 Å². The second-order valence-electron chi connectivity index (χ2n) is 8.81. The molecule has 206 valence electrons. The number of anilines is 1. The minimum Gasteiger partial charge on any atom is -0.493 e. The van der Waals surface area contributed by atoms with Gasteiger partial charge in [0.05, 0.1) is 14.2 Å². The largest absolute Gasteiger partial charge is 0.493 e. The van der Waals surface area contributed by atoms with Gasteiger partial charge in [-0.15, -0.1) is 0 Å². The van der Waals surface area contributed by atoms with Crippen molar-refractivity contribution in [3.8, 4) is 11.5 Å². The number of aryl methyl sites for hydroxylation is 2. The molecule has 0 fully saturated rings. The van der Waals surface area contributed by atoms with Crippen LogP contribution in [-0.4, -0.2) is 41.8 Å². The van der Waals surface area contributed by atoms with Crippen molar-refractivity contribution in [2.75, 3.05) is 19.5 Å². The maximum absolute atomic E-state index is 14.5. The highest BCUT2D eigenvalue weighted by Crippen LogP contribution is 2.45. The molecule has 0 bridgehead atoms. The number of halogens is 3. The van der Waals surface area contributed by atoms with Crippen molar-refractivity contribution in [1.29, 1.82) is 0 Å². The van der Waals surface area contributed by atoms with E-state index in [2.05, 4.69) is 0 Å². The van der Waals surface area contributed by atoms with Crippen molar-refractivity contribution in [3.05, 3.63) is 86.1 Å². The standard InChI is InChI=1S/C26H25F3N4O6/c1-38-17-10-8-16(14-18(17)39-2)12-13-33-21-20(22(35)31-24(33)37)25(23(36)30-21,26(27,28)29)32-19(34)11-9-15-6-4-3-5-7-15/h3-8,10,14H,9,11-13H2,1-2H3,(H,30,36)(H,32,34)(H,31,35,37). The number of benzene rings is 2. The topological polar surface area (TPSA) is 132 Å². The van der Waals surface area contributed by atoms with Crippen LogP contribution in [-0.2, 0) is 34.5 Å². The first-order chi connectivity index (χ1) is 18.5. The summed E-state index contributed by atoms with van der Waals surface area (Å²) in [4.78, 5) is 52.8. The Labute approximate surface area is 219 Å². The fourth-order valence-corrected chi connectivity index (χ4v) is 4.49. The van der Waals surface area contributed by atoms with E-state index in [4.69, 9.17) is 9.47 Å². The maximum Gasteiger partial charge on any atom is 0.425 e. The molecule has 1 aliphatic rings. The molecule has 2 amide bonds. The Morgan fingerprint density at radius 2 is 1.67 bits per heavy atom. The fraction of sp³-hybridized carbons (Fsp3) is 0.308. The second-order valence-corrected chi connectivity index (χ2v) is 8.81. The molecule has 0 aliphatic carbocycles. The first-order valence-corrected chi connectivity index (χ1v) is 11.8. The summed E-state index contributed by atoms with van der Waals surface area (Å²) < 4.78 is 54.9. The lowest BCUT2D eigenvalue weighted by Gasteiger charge is -2.30. The molecular weight excluding hydrogens is 521 g/mol. The molecule has 3 aromatic rings. The summed E-state index contributed by atoms with van der Waals surface area (Å²) in [5.41, 5.74) is -5.89. The van der Waals surface area contributed by atoms with Gasteiger partial charge in [0.1, 0.15) is 11.4 Å². The molecular formula is C26H25F3N4O6. The monoisotopic (exact) mass is 546 g/mol. The van der Waals surface area contributed by atoms with Crippen LogP contribution in [0.4, 0.5) is 19.0 Å². The molecule has 0 radical (unpaired) electrons. The molecule has 0 spiro atoms. The molecule has 1 aromatic heterocycles. The average Bonchev–Trinajstić information content (AvgIpc) is 3.20. The summed E-state index contributed by atoms with van der Waals surface area (Å²) in [6, 6.07) is 13.5. The van der Waals surface area contributed by atoms with Crippen LogP contribution >= 0.6 is 0 Å². The smallest absolute Gasteiger partial charge is 0.425 e. The molecule has 1 atom stereocenters. The number of methoxy groups -OCH3 is 2. The highest BCUT2D eigenvalue weighted by Gasteiger charge is 2.68. The van der Waals surface area contributed by atoms with E-state index in [9.17, 15) is 32.3 Å². The van der Waals surface area contributed by atoms with Crippen LogP contribution < -0.4 is 31.4 Å². The van der Waals surface area contributed by atoms with Gasteiger partial charge in [-0.2, -0.15) is 13.2 Å². The van der Waals surface area contributed by atoms with Crippen LogP contribution in [0, 0.1) is 0 Å². The predicted octanol–water partition coefficient (Wildman–Crippen LogP) is 2.26. The molecule has 4 rings (SSSR count). The molecule has 0 saturated carbocycles. The molecule has 39 heavy (non-hydrogen) atoms. The summed E-state index contributed by atoms with van der Waals surface area (Å²) in [5.74, 6) is -2.56. The Bertz CT molecular complexity index is 1520. The van der Waals surface area contributed by atoms with Crippen LogP contribution in [0.5, 0.6) is 11.5 Å². The van der Waals surface area contributed by atoms with Gasteiger partial charge in [-0.25, -0.2) is 4.79 Å². The third-order valence-electron chi connectivity index (χ3n) is 6.45. The zero-order valence-electron chi connectivity index (χ0n) is 21.0. The van der Waals surface area contributed by atoms with Crippen molar-refractivity contribution in [3.63, 3.8) is 0 Å². The number of nitrogens with one attached hydrogen (secondary N) is 3. The Hall–Kier alpha value is -4.55. The lowest BCUT2D eigenvalue weighted by Crippen LogP contribution is -2.62. The van der Waals surface area contributed by atoms with Crippen LogP contribution in [0.3, 0.4) is 0 Å². The first kappa shape index (κ1) is 27.5. The summed E-state index contributed by atoms with van der Waals surface area (Å²) in [6.07, 6.45) is -5.54. The minimum atomic E-state index is -5.40. The van der Waals surface area contributed by atoms with E-state index < -0.39 is 46.2 Å². The average molecular weight is 547 g/mol. The van der Waals surface area contributed by atoms with Crippen LogP contribution in [0.1, 0.15) is 23.1 Å². The molecule has 1 aliphatic heterocycles. The number of rotatable bonds is 9. The Balaban J connectivity index is 1.69. The fourth-order valence-electron chi connectivity index (χ4n) is 4.49. The number of nitrogens with zero attached hydrogens (tertiary/aromatic N) is 1. The Morgan fingerprint density at radius 1 is 0.974 bits per heavy atom. The number of H-pyrrole nitrogens is 1. The number of amides is 2. The van der Waals surface area contributed by atoms with Crippen molar-refractivity contribution >= 4 is 17.6 Å². The predicted molar refractivity (Wildman–Crippen MR) is 134 cm³/mol. The number of aromatic nitrogens is 2. The SMILES string of the molecule is COc1ccc(CCn2c3c(c(=O)[nH]c2=O)C(NC(=O)CCc2ccccc2)(C(F)(F)F)C(=O)N3)cc1OC. The van der Waals surface area contributed by atoms with E-state index >= 15 is 0 Å². The number of carbonyl (C=O) groups excluding carboxylic acids is 2. The summed E-state index contributed by atoms with van der Waals surface area (Å²) >= 11 is 0. The minimum absolute atomic E-state index is 0.107. The normalized spacial score (nSPS) is 16.4. The zero-order valence-corrected chi connectivity index (χ0v) is 21.0. The van der Waals surface area contributed by atoms with Crippen molar-refractivity contribution < 1.29 is 32.2 Å². The molecule has 3 N–H and O–H groups in total. The number of fused-ring (bicyclic) bond motifs is 1. The number of alkyl halides is 3. The van der Waals surface area contributed by atoms with E-state index in [1.54, 1.807) is 53.8 Å². The lowest BCUT2D eigenvalue weighted by atomic mass is 9.91. The third kappa shape index (κ3) is 5.11. The van der Waals surface area contributed by atoms with E-state index in [-0.39, 0.29) is 25.8 Å². The maximum atomic E-state index is 14.5. The second kappa shape index (κ2) is 10.7. The van der Waals surface area contributed by atoms with Crippen molar-refractivity contribution in [1.82, 2.24) is 14.9 Å². The molecule has 10 nitrogen and oxygen atoms in total. The van der Waals surface area contributed by atoms with Gasteiger partial charge < -0.3 is 20.1 Å². The van der Waals surface area contributed by atoms with Gasteiger partial charge in [0.2, 0.25) is 11.4 Å². The summed E-state index contributed by atoms with van der Waals surface area (Å²) in [6.45, 7) is -0.205. The highest BCUT2D eigenvalue weighted by molar-refractivity contribution is 6.07. The van der Waals surface area contributed by atoms with Crippen molar-refractivity contribution in [2.24, 2.45) is 0 Å². The molecule has 13 heteroatoms. The van der Waals surface area contributed by atoms with Crippen LogP contribution in [0.15, 0.2) is 58.1 Å². The number of hydrogen-bond acceptors (Lipinski definition) is 6. The summed E-state index contributed by atoms with van der Waals surface area (Å²) in [7, 11) is 2.89. The van der Waals surface area contributed by atoms with Gasteiger partial charge >= 0.3 is 11.9 Å². The molecule has 0 saturated heterocycles. The van der Waals surface area contributed by atoms with E-state index in [1.165, 1.54) is 14.2 Å². The molecule has 1 unspecified atom stereocenters. The lowest BCUT2D eigenvalue weighted by molar-refractivity contribution is -0.200. The first-order valence-electron chi connectivity index (χ1n) is 11.8. The van der Waals surface area contributed by atoms with Gasteiger partial charge in [-0.3, -0.25) is 23.9 Å². The highest BCUT2D eigenvalue weighted by atomic mass is 19.4. The van der Waals surface area contributed by atoms with Gasteiger partial charge in [0, 0.05) is 13.0 Å². The van der Waals surface area contributed by atoms with Crippen LogP contribution in [0.25, 0.3) is 0 Å². The Kier molecular flexibility index (Phi) is 7.52. The molecule has 2 heterocycles. The number of aromatic amines is 1. The summed E-state index contributed by atoms with van der Waals surface area (Å²) in [5, 5.41) is 3.78. The number of carbonyl (C=O) groups is 2. The Morgan fingerprint density at radius 3 is 2.31 bits per heavy atom. The van der Waals surface area contributed by atoms with Gasteiger partial charge in [0.25, 0.3) is 11.5 Å². The number of ether oxygens (including phenoxy) is 2. The number of hydrogen-bond donors (Lipinski definition) is 3. The zero-order chi connectivity index (χ0) is 28.4. The quantitative estimate of drug-likeness (QED) is 0.377. The third-order valence-corrected chi connectivity index (χ3v) is 6.45. The molecule has 2 aromatic carbocycles. The van der Waals surface area contributed by atoms with Gasteiger partial charge in [-0.1, -0.05) is 36.4 Å². The van der Waals surface area contributed by atoms with Gasteiger partial charge in [-0.05, 0) is 36.1 Å². The van der Waals surface area contributed by atoms with Gasteiger partial charge in [0.15, 0.2) is 11.5 Å².